The van der Waals surface area contributed by atoms with E-state index in [9.17, 15) is 4.79 Å². The Kier molecular flexibility index (Phi) is 10.9. The summed E-state index contributed by atoms with van der Waals surface area (Å²) in [6.45, 7) is 4.45. The molecule has 0 spiro atoms. The van der Waals surface area contributed by atoms with Crippen LogP contribution in [0, 0.1) is 0 Å². The van der Waals surface area contributed by atoms with Crippen molar-refractivity contribution in [3.8, 4) is 5.75 Å². The average Bonchev–Trinajstić information content (AvgIpc) is 2.75. The number of aryl methyl sites for hydroxylation is 1. The van der Waals surface area contributed by atoms with Crippen molar-refractivity contribution in [2.75, 3.05) is 0 Å². The molecule has 2 aromatic carbocycles. The van der Waals surface area contributed by atoms with Crippen LogP contribution in [0.1, 0.15) is 93.1 Å². The van der Waals surface area contributed by atoms with Crippen LogP contribution in [0.25, 0.3) is 6.08 Å². The van der Waals surface area contributed by atoms with E-state index in [1.54, 1.807) is 0 Å². The topological polar surface area (TPSA) is 26.3 Å². The number of benzene rings is 2. The lowest BCUT2D eigenvalue weighted by Crippen LogP contribution is -2.08. The van der Waals surface area contributed by atoms with Gasteiger partial charge in [0, 0.05) is 0 Å². The van der Waals surface area contributed by atoms with E-state index in [0.29, 0.717) is 11.3 Å². The van der Waals surface area contributed by atoms with Crippen LogP contribution in [-0.4, -0.2) is 5.97 Å². The minimum atomic E-state index is -0.303. The van der Waals surface area contributed by atoms with E-state index in [2.05, 4.69) is 26.0 Å². The Balaban J connectivity index is 1.79. The number of unbranched alkanes of at least 4 members (excludes halogenated alkanes) is 7. The first-order valence-electron chi connectivity index (χ1n) is 11.3. The largest absolute Gasteiger partial charge is 0.423 e. The van der Waals surface area contributed by atoms with Crippen molar-refractivity contribution in [2.24, 2.45) is 0 Å². The molecule has 0 fully saturated rings. The molecule has 2 rings (SSSR count). The number of allylic oxidation sites excluding steroid dienone is 1. The van der Waals surface area contributed by atoms with Crippen molar-refractivity contribution < 1.29 is 9.53 Å². The van der Waals surface area contributed by atoms with Gasteiger partial charge in [0.15, 0.2) is 0 Å². The molecule has 0 radical (unpaired) electrons. The smallest absolute Gasteiger partial charge is 0.343 e. The summed E-state index contributed by atoms with van der Waals surface area (Å²) in [5.74, 6) is 0.278. The van der Waals surface area contributed by atoms with Gasteiger partial charge in [0.25, 0.3) is 0 Å². The first-order valence-corrected chi connectivity index (χ1v) is 11.3. The van der Waals surface area contributed by atoms with Gasteiger partial charge in [-0.05, 0) is 61.1 Å². The van der Waals surface area contributed by atoms with Gasteiger partial charge < -0.3 is 4.74 Å². The van der Waals surface area contributed by atoms with Gasteiger partial charge in [0.2, 0.25) is 0 Å². The van der Waals surface area contributed by atoms with Crippen LogP contribution in [0.3, 0.4) is 0 Å². The molecule has 29 heavy (non-hydrogen) atoms. The van der Waals surface area contributed by atoms with Gasteiger partial charge in [-0.2, -0.15) is 0 Å². The van der Waals surface area contributed by atoms with Crippen LogP contribution in [-0.2, 0) is 6.42 Å². The summed E-state index contributed by atoms with van der Waals surface area (Å²) in [6, 6.07) is 15.5. The molecule has 0 saturated carbocycles. The monoisotopic (exact) mass is 392 g/mol. The molecule has 0 atom stereocenters. The predicted molar refractivity (Wildman–Crippen MR) is 123 cm³/mol. The number of ether oxygens (including phenoxy) is 1. The number of rotatable bonds is 13. The van der Waals surface area contributed by atoms with E-state index in [0.717, 1.165) is 18.4 Å². The number of carbonyl (C=O) groups excluding carboxylic acids is 1. The zero-order valence-electron chi connectivity index (χ0n) is 18.2. The van der Waals surface area contributed by atoms with Gasteiger partial charge in [0.1, 0.15) is 5.75 Å². The molecule has 0 aromatic heterocycles. The molecule has 0 saturated heterocycles. The summed E-state index contributed by atoms with van der Waals surface area (Å²) >= 11 is 0. The van der Waals surface area contributed by atoms with E-state index in [4.69, 9.17) is 4.74 Å². The molecular weight excluding hydrogens is 356 g/mol. The minimum absolute atomic E-state index is 0.303. The Labute approximate surface area is 177 Å². The molecule has 0 N–H and O–H groups in total. The van der Waals surface area contributed by atoms with E-state index >= 15 is 0 Å². The lowest BCUT2D eigenvalue weighted by atomic mass is 10.0. The molecule has 156 valence electrons. The average molecular weight is 393 g/mol. The fraction of sp³-hybridized carbons (Fsp3) is 0.444. The second-order valence-corrected chi connectivity index (χ2v) is 7.72. The van der Waals surface area contributed by atoms with Crippen LogP contribution in [0.4, 0.5) is 0 Å². The van der Waals surface area contributed by atoms with E-state index < -0.39 is 0 Å². The maximum Gasteiger partial charge on any atom is 0.343 e. The third-order valence-corrected chi connectivity index (χ3v) is 5.13. The highest BCUT2D eigenvalue weighted by Crippen LogP contribution is 2.17. The standard InChI is InChI=1S/C27H36O2/c1-3-5-7-9-11-13-23-15-19-25(20-16-23)27(28)29-26-21-17-24(18-22-26)14-12-10-8-6-4-2/h12,14-22H,3-11,13H2,1-2H3. The third-order valence-electron chi connectivity index (χ3n) is 5.13. The van der Waals surface area contributed by atoms with E-state index in [-0.39, 0.29) is 5.97 Å². The summed E-state index contributed by atoms with van der Waals surface area (Å²) < 4.78 is 5.52. The minimum Gasteiger partial charge on any atom is -0.423 e. The molecule has 2 aromatic rings. The molecule has 2 nitrogen and oxygen atoms in total. The van der Waals surface area contributed by atoms with E-state index in [1.165, 1.54) is 56.9 Å². The highest BCUT2D eigenvalue weighted by Gasteiger charge is 2.08. The summed E-state index contributed by atoms with van der Waals surface area (Å²) in [5, 5.41) is 0. The SMILES string of the molecule is CCCCCC=Cc1ccc(OC(=O)c2ccc(CCCCCCC)cc2)cc1. The molecule has 0 aliphatic carbocycles. The van der Waals surface area contributed by atoms with Crippen molar-refractivity contribution in [3.63, 3.8) is 0 Å². The zero-order chi connectivity index (χ0) is 20.7. The van der Waals surface area contributed by atoms with Gasteiger partial charge in [-0.3, -0.25) is 0 Å². The van der Waals surface area contributed by atoms with Crippen molar-refractivity contribution >= 4 is 12.0 Å². The number of hydrogen-bond acceptors (Lipinski definition) is 2. The Morgan fingerprint density at radius 1 is 0.793 bits per heavy atom. The Morgan fingerprint density at radius 2 is 1.45 bits per heavy atom. The second kappa shape index (κ2) is 13.8. The van der Waals surface area contributed by atoms with Crippen molar-refractivity contribution in [3.05, 3.63) is 71.3 Å². The van der Waals surface area contributed by atoms with Crippen LogP contribution < -0.4 is 4.74 Å². The summed E-state index contributed by atoms with van der Waals surface area (Å²) in [4.78, 5) is 12.4. The Morgan fingerprint density at radius 3 is 2.14 bits per heavy atom. The lowest BCUT2D eigenvalue weighted by Gasteiger charge is -2.06. The Bertz CT molecular complexity index is 726. The molecule has 0 unspecified atom stereocenters. The van der Waals surface area contributed by atoms with Crippen LogP contribution in [0.15, 0.2) is 54.6 Å². The highest BCUT2D eigenvalue weighted by atomic mass is 16.5. The molecule has 2 heteroatoms. The highest BCUT2D eigenvalue weighted by molar-refractivity contribution is 5.91. The first kappa shape index (κ1) is 22.9. The normalized spacial score (nSPS) is 11.1. The summed E-state index contributed by atoms with van der Waals surface area (Å²) in [5.41, 5.74) is 3.01. The molecule has 0 heterocycles. The number of carbonyl (C=O) groups is 1. The fourth-order valence-electron chi connectivity index (χ4n) is 3.28. The zero-order valence-corrected chi connectivity index (χ0v) is 18.2. The van der Waals surface area contributed by atoms with Crippen LogP contribution in [0.5, 0.6) is 5.75 Å². The molecular formula is C27H36O2. The maximum atomic E-state index is 12.4. The van der Waals surface area contributed by atoms with Gasteiger partial charge in [0.05, 0.1) is 5.56 Å². The maximum absolute atomic E-state index is 12.4. The number of hydrogen-bond donors (Lipinski definition) is 0. The van der Waals surface area contributed by atoms with E-state index in [1.807, 2.05) is 48.5 Å². The summed E-state index contributed by atoms with van der Waals surface area (Å²) in [6.07, 6.45) is 16.7. The quantitative estimate of drug-likeness (QED) is 0.196. The third kappa shape index (κ3) is 9.13. The van der Waals surface area contributed by atoms with Gasteiger partial charge in [-0.1, -0.05) is 88.8 Å². The fourth-order valence-corrected chi connectivity index (χ4v) is 3.28. The predicted octanol–water partition coefficient (Wildman–Crippen LogP) is 8.01. The van der Waals surface area contributed by atoms with Crippen LogP contribution in [0.2, 0.25) is 0 Å². The first-order chi connectivity index (χ1) is 14.2. The van der Waals surface area contributed by atoms with Gasteiger partial charge >= 0.3 is 5.97 Å². The number of esters is 1. The molecule has 0 bridgehead atoms. The lowest BCUT2D eigenvalue weighted by molar-refractivity contribution is 0.0734. The van der Waals surface area contributed by atoms with Crippen LogP contribution >= 0.6 is 0 Å². The second-order valence-electron chi connectivity index (χ2n) is 7.72. The molecule has 0 amide bonds. The van der Waals surface area contributed by atoms with Crippen molar-refractivity contribution in [1.29, 1.82) is 0 Å². The van der Waals surface area contributed by atoms with Gasteiger partial charge in [-0.25, -0.2) is 4.79 Å². The van der Waals surface area contributed by atoms with Gasteiger partial charge in [-0.15, -0.1) is 0 Å². The molecule has 0 aliphatic heterocycles. The van der Waals surface area contributed by atoms with Crippen molar-refractivity contribution in [2.45, 2.75) is 78.1 Å². The Hall–Kier alpha value is -2.35. The van der Waals surface area contributed by atoms with Crippen molar-refractivity contribution in [1.82, 2.24) is 0 Å². The molecule has 0 aliphatic rings. The summed E-state index contributed by atoms with van der Waals surface area (Å²) in [7, 11) is 0.